The number of carbonyl (C=O) groups is 2. The van der Waals surface area contributed by atoms with Gasteiger partial charge in [-0.2, -0.15) is 13.2 Å². The van der Waals surface area contributed by atoms with Gasteiger partial charge >= 0.3 is 12.1 Å². The molecule has 2 heterocycles. The van der Waals surface area contributed by atoms with Crippen LogP contribution in [0.3, 0.4) is 0 Å². The van der Waals surface area contributed by atoms with Crippen molar-refractivity contribution in [3.8, 4) is 0 Å². The number of aliphatic carboxylic acids is 1. The Morgan fingerprint density at radius 2 is 1.97 bits per heavy atom. The SMILES string of the molecule is CC(C)C(O)c1cc(C(=O)Nc2nc(CC(=O)O)cs2)n(Cc2ccc(Cl)c(C(F)(F)F)c2)c1. The molecular formula is C22H21ClF3N3O4S. The average molecular weight is 516 g/mol. The highest BCUT2D eigenvalue weighted by Crippen LogP contribution is 2.35. The van der Waals surface area contributed by atoms with Gasteiger partial charge in [0, 0.05) is 18.1 Å². The molecule has 0 aliphatic rings. The van der Waals surface area contributed by atoms with Crippen LogP contribution in [-0.2, 0) is 23.9 Å². The average Bonchev–Trinajstić information content (AvgIpc) is 3.34. The number of thiazole rings is 1. The number of benzene rings is 1. The maximum atomic E-state index is 13.3. The fraction of sp³-hybridized carbons (Fsp3) is 0.318. The molecule has 3 rings (SSSR count). The van der Waals surface area contributed by atoms with Crippen LogP contribution >= 0.6 is 22.9 Å². The van der Waals surface area contributed by atoms with Crippen LogP contribution in [0.5, 0.6) is 0 Å². The van der Waals surface area contributed by atoms with E-state index in [0.717, 1.165) is 23.5 Å². The Bertz CT molecular complexity index is 1210. The van der Waals surface area contributed by atoms with Crippen molar-refractivity contribution >= 4 is 39.9 Å². The number of carbonyl (C=O) groups excluding carboxylic acids is 1. The van der Waals surface area contributed by atoms with Crippen molar-refractivity contribution < 1.29 is 33.0 Å². The molecule has 0 spiro atoms. The maximum Gasteiger partial charge on any atom is 0.417 e. The lowest BCUT2D eigenvalue weighted by Gasteiger charge is -2.13. The summed E-state index contributed by atoms with van der Waals surface area (Å²) in [4.78, 5) is 27.9. The number of carboxylic acid groups (broad SMARTS) is 1. The molecule has 1 atom stereocenters. The third kappa shape index (κ3) is 6.16. The standard InChI is InChI=1S/C22H21ClF3N3O4S/c1-11(2)19(32)13-6-17(20(33)28-21-27-14(10-34-21)7-18(30)31)29(9-13)8-12-3-4-16(23)15(5-12)22(24,25)26/h3-6,9-11,19,32H,7-8H2,1-2H3,(H,30,31)(H,27,28,33). The van der Waals surface area contributed by atoms with Crippen LogP contribution in [0.2, 0.25) is 5.02 Å². The first kappa shape index (κ1) is 25.7. The van der Waals surface area contributed by atoms with E-state index in [-0.39, 0.29) is 41.0 Å². The Morgan fingerprint density at radius 3 is 2.59 bits per heavy atom. The molecule has 1 amide bonds. The Balaban J connectivity index is 1.93. The van der Waals surface area contributed by atoms with E-state index < -0.39 is 34.7 Å². The van der Waals surface area contributed by atoms with E-state index in [9.17, 15) is 27.9 Å². The van der Waals surface area contributed by atoms with Gasteiger partial charge in [0.25, 0.3) is 5.91 Å². The molecule has 7 nitrogen and oxygen atoms in total. The zero-order valence-electron chi connectivity index (χ0n) is 18.1. The van der Waals surface area contributed by atoms with Crippen molar-refractivity contribution in [3.05, 3.63) is 68.9 Å². The van der Waals surface area contributed by atoms with Crippen molar-refractivity contribution in [1.29, 1.82) is 0 Å². The predicted molar refractivity (Wildman–Crippen MR) is 121 cm³/mol. The summed E-state index contributed by atoms with van der Waals surface area (Å²) in [5.41, 5.74) is 0.0648. The third-order valence-electron chi connectivity index (χ3n) is 4.92. The molecule has 34 heavy (non-hydrogen) atoms. The molecular weight excluding hydrogens is 495 g/mol. The van der Waals surface area contributed by atoms with Crippen LogP contribution in [0.4, 0.5) is 18.3 Å². The minimum atomic E-state index is -4.64. The van der Waals surface area contributed by atoms with Crippen LogP contribution in [-0.4, -0.2) is 31.6 Å². The van der Waals surface area contributed by atoms with E-state index in [2.05, 4.69) is 10.3 Å². The van der Waals surface area contributed by atoms with Gasteiger partial charge in [-0.1, -0.05) is 31.5 Å². The van der Waals surface area contributed by atoms with Gasteiger partial charge in [0.2, 0.25) is 0 Å². The van der Waals surface area contributed by atoms with Crippen LogP contribution in [0.1, 0.15) is 52.8 Å². The number of hydrogen-bond donors (Lipinski definition) is 3. The fourth-order valence-electron chi connectivity index (χ4n) is 3.25. The van der Waals surface area contributed by atoms with Gasteiger partial charge in [0.1, 0.15) is 5.69 Å². The van der Waals surface area contributed by atoms with Crippen molar-refractivity contribution in [2.75, 3.05) is 5.32 Å². The number of halogens is 4. The second-order valence-electron chi connectivity index (χ2n) is 7.96. The van der Waals surface area contributed by atoms with Crippen molar-refractivity contribution in [2.45, 2.75) is 39.1 Å². The molecule has 0 radical (unpaired) electrons. The summed E-state index contributed by atoms with van der Waals surface area (Å²) in [5.74, 6) is -1.84. The lowest BCUT2D eigenvalue weighted by Crippen LogP contribution is -2.17. The molecule has 12 heteroatoms. The van der Waals surface area contributed by atoms with Crippen molar-refractivity contribution in [3.63, 3.8) is 0 Å². The predicted octanol–water partition coefficient (Wildman–Crippen LogP) is 5.23. The quantitative estimate of drug-likeness (QED) is 0.381. The lowest BCUT2D eigenvalue weighted by atomic mass is 10.0. The Hall–Kier alpha value is -2.89. The third-order valence-corrected chi connectivity index (χ3v) is 6.05. The number of hydrogen-bond acceptors (Lipinski definition) is 5. The highest BCUT2D eigenvalue weighted by molar-refractivity contribution is 7.14. The lowest BCUT2D eigenvalue weighted by molar-refractivity contribution is -0.138. The summed E-state index contributed by atoms with van der Waals surface area (Å²) >= 11 is 6.75. The van der Waals surface area contributed by atoms with Gasteiger partial charge < -0.3 is 14.8 Å². The Morgan fingerprint density at radius 1 is 1.26 bits per heavy atom. The highest BCUT2D eigenvalue weighted by Gasteiger charge is 2.33. The fourth-order valence-corrected chi connectivity index (χ4v) is 4.18. The van der Waals surface area contributed by atoms with E-state index in [1.54, 1.807) is 13.8 Å². The highest BCUT2D eigenvalue weighted by atomic mass is 35.5. The molecule has 1 aromatic carbocycles. The zero-order chi connectivity index (χ0) is 25.2. The summed E-state index contributed by atoms with van der Waals surface area (Å²) in [6.07, 6.45) is -4.32. The van der Waals surface area contributed by atoms with Gasteiger partial charge in [-0.05, 0) is 35.2 Å². The normalized spacial score (nSPS) is 12.7. The van der Waals surface area contributed by atoms with Gasteiger partial charge in [-0.15, -0.1) is 11.3 Å². The number of alkyl halides is 3. The number of rotatable bonds is 8. The van der Waals surface area contributed by atoms with E-state index in [0.29, 0.717) is 5.56 Å². The molecule has 0 fully saturated rings. The van der Waals surface area contributed by atoms with Gasteiger partial charge in [-0.3, -0.25) is 14.9 Å². The number of aliphatic hydroxyl groups excluding tert-OH is 1. The van der Waals surface area contributed by atoms with E-state index in [1.807, 2.05) is 0 Å². The molecule has 0 aliphatic carbocycles. The Labute approximate surface area is 201 Å². The number of anilines is 1. The topological polar surface area (TPSA) is 104 Å². The number of amides is 1. The molecule has 3 aromatic rings. The van der Waals surface area contributed by atoms with E-state index >= 15 is 0 Å². The molecule has 0 aliphatic heterocycles. The van der Waals surface area contributed by atoms with Crippen LogP contribution in [0, 0.1) is 5.92 Å². The second kappa shape index (κ2) is 10.2. The maximum absolute atomic E-state index is 13.3. The number of nitrogens with zero attached hydrogens (tertiary/aromatic N) is 2. The molecule has 182 valence electrons. The van der Waals surface area contributed by atoms with Gasteiger partial charge in [0.15, 0.2) is 5.13 Å². The number of nitrogens with one attached hydrogen (secondary N) is 1. The largest absolute Gasteiger partial charge is 0.481 e. The molecule has 0 saturated heterocycles. The van der Waals surface area contributed by atoms with Crippen LogP contribution in [0.25, 0.3) is 0 Å². The number of aromatic nitrogens is 2. The molecule has 0 saturated carbocycles. The van der Waals surface area contributed by atoms with Gasteiger partial charge in [-0.25, -0.2) is 4.98 Å². The second-order valence-corrected chi connectivity index (χ2v) is 9.22. The molecule has 0 bridgehead atoms. The number of aliphatic hydroxyl groups is 1. The summed E-state index contributed by atoms with van der Waals surface area (Å²) in [5, 5.41) is 23.2. The first-order chi connectivity index (χ1) is 15.8. The van der Waals surface area contributed by atoms with E-state index in [4.69, 9.17) is 16.7 Å². The molecule has 1 unspecified atom stereocenters. The summed E-state index contributed by atoms with van der Waals surface area (Å²) in [6, 6.07) is 4.96. The van der Waals surface area contributed by atoms with Gasteiger partial charge in [0.05, 0.1) is 28.8 Å². The monoisotopic (exact) mass is 515 g/mol. The van der Waals surface area contributed by atoms with Crippen molar-refractivity contribution in [1.82, 2.24) is 9.55 Å². The first-order valence-corrected chi connectivity index (χ1v) is 11.3. The minimum absolute atomic E-state index is 0.0874. The first-order valence-electron chi connectivity index (χ1n) is 10.1. The number of carboxylic acids is 1. The molecule has 2 aromatic heterocycles. The van der Waals surface area contributed by atoms with Crippen molar-refractivity contribution in [2.24, 2.45) is 5.92 Å². The van der Waals surface area contributed by atoms with Crippen LogP contribution < -0.4 is 5.32 Å². The zero-order valence-corrected chi connectivity index (χ0v) is 19.6. The van der Waals surface area contributed by atoms with E-state index in [1.165, 1.54) is 28.3 Å². The summed E-state index contributed by atoms with van der Waals surface area (Å²) < 4.78 is 41.2. The van der Waals surface area contributed by atoms with Crippen LogP contribution in [0.15, 0.2) is 35.8 Å². The molecule has 3 N–H and O–H groups in total. The minimum Gasteiger partial charge on any atom is -0.481 e. The smallest absolute Gasteiger partial charge is 0.417 e. The summed E-state index contributed by atoms with van der Waals surface area (Å²) in [7, 11) is 0. The Kier molecular flexibility index (Phi) is 7.69. The summed E-state index contributed by atoms with van der Waals surface area (Å²) in [6.45, 7) is 3.49.